The summed E-state index contributed by atoms with van der Waals surface area (Å²) in [7, 11) is 0. The van der Waals surface area contributed by atoms with Crippen molar-refractivity contribution in [2.45, 2.75) is 19.3 Å². The van der Waals surface area contributed by atoms with Gasteiger partial charge < -0.3 is 0 Å². The van der Waals surface area contributed by atoms with E-state index in [1.807, 2.05) is 0 Å². The van der Waals surface area contributed by atoms with E-state index in [2.05, 4.69) is 43.8 Å². The first-order valence-corrected chi connectivity index (χ1v) is 4.51. The average Bonchev–Trinajstić information content (AvgIpc) is 2.15. The minimum atomic E-state index is 0.687. The van der Waals surface area contributed by atoms with Crippen molar-refractivity contribution in [3.05, 3.63) is 48.0 Å². The molecule has 0 heterocycles. The second-order valence-corrected chi connectivity index (χ2v) is 3.67. The van der Waals surface area contributed by atoms with E-state index in [4.69, 9.17) is 0 Å². The van der Waals surface area contributed by atoms with Crippen LogP contribution in [0.25, 0.3) is 0 Å². The van der Waals surface area contributed by atoms with Crippen molar-refractivity contribution in [3.8, 4) is 0 Å². The smallest absolute Gasteiger partial charge is 0.00619 e. The normalized spacial score (nSPS) is 28.2. The van der Waals surface area contributed by atoms with Gasteiger partial charge in [-0.25, -0.2) is 0 Å². The number of rotatable bonds is 1. The molecular formula is C12H14. The van der Waals surface area contributed by atoms with Crippen molar-refractivity contribution in [3.63, 3.8) is 0 Å². The van der Waals surface area contributed by atoms with Crippen LogP contribution >= 0.6 is 0 Å². The van der Waals surface area contributed by atoms with E-state index < -0.39 is 0 Å². The summed E-state index contributed by atoms with van der Waals surface area (Å²) in [6, 6.07) is 10.7. The molecule has 0 heteroatoms. The molecular weight excluding hydrogens is 144 g/mol. The van der Waals surface area contributed by atoms with Gasteiger partial charge in [0.2, 0.25) is 0 Å². The zero-order valence-corrected chi connectivity index (χ0v) is 7.46. The van der Waals surface area contributed by atoms with E-state index >= 15 is 0 Å². The molecule has 12 heavy (non-hydrogen) atoms. The molecule has 1 aliphatic carbocycles. The lowest BCUT2D eigenvalue weighted by atomic mass is 9.68. The summed E-state index contributed by atoms with van der Waals surface area (Å²) in [6.45, 7) is 6.28. The Morgan fingerprint density at radius 2 is 1.92 bits per heavy atom. The first-order chi connectivity index (χ1) is 5.79. The van der Waals surface area contributed by atoms with Gasteiger partial charge in [-0.15, -0.1) is 0 Å². The highest BCUT2D eigenvalue weighted by Gasteiger charge is 2.31. The second kappa shape index (κ2) is 2.78. The molecule has 0 amide bonds. The third kappa shape index (κ3) is 1.08. The minimum absolute atomic E-state index is 0.687. The molecule has 0 spiro atoms. The van der Waals surface area contributed by atoms with Crippen LogP contribution in [-0.2, 0) is 0 Å². The van der Waals surface area contributed by atoms with Crippen molar-refractivity contribution in [1.29, 1.82) is 0 Å². The first kappa shape index (κ1) is 7.60. The molecule has 0 nitrogen and oxygen atoms in total. The fraction of sp³-hybridized carbons (Fsp3) is 0.333. The van der Waals surface area contributed by atoms with E-state index in [9.17, 15) is 0 Å². The molecule has 2 atom stereocenters. The van der Waals surface area contributed by atoms with Crippen LogP contribution in [0.4, 0.5) is 0 Å². The van der Waals surface area contributed by atoms with Crippen LogP contribution in [0.5, 0.6) is 0 Å². The summed E-state index contributed by atoms with van der Waals surface area (Å²) in [5, 5.41) is 0. The molecule has 0 N–H and O–H groups in total. The van der Waals surface area contributed by atoms with Crippen LogP contribution in [0, 0.1) is 5.92 Å². The molecule has 1 aromatic rings. The van der Waals surface area contributed by atoms with E-state index in [0.29, 0.717) is 5.92 Å². The van der Waals surface area contributed by atoms with Crippen molar-refractivity contribution < 1.29 is 0 Å². The largest absolute Gasteiger partial charge is 0.0995 e. The van der Waals surface area contributed by atoms with Gasteiger partial charge in [-0.05, 0) is 23.8 Å². The Balaban J connectivity index is 2.18. The van der Waals surface area contributed by atoms with Crippen LogP contribution in [0.1, 0.15) is 24.8 Å². The van der Waals surface area contributed by atoms with Crippen molar-refractivity contribution in [1.82, 2.24) is 0 Å². The summed E-state index contributed by atoms with van der Waals surface area (Å²) in [5.74, 6) is 1.42. The Labute approximate surface area is 73.9 Å². The summed E-state index contributed by atoms with van der Waals surface area (Å²) in [6.07, 6.45) is 1.19. The van der Waals surface area contributed by atoms with Gasteiger partial charge in [0.25, 0.3) is 0 Å². The van der Waals surface area contributed by atoms with Crippen LogP contribution < -0.4 is 0 Å². The van der Waals surface area contributed by atoms with Crippen LogP contribution in [0.15, 0.2) is 42.5 Å². The van der Waals surface area contributed by atoms with Gasteiger partial charge in [0.15, 0.2) is 0 Å². The quantitative estimate of drug-likeness (QED) is 0.550. The van der Waals surface area contributed by atoms with E-state index in [-0.39, 0.29) is 0 Å². The minimum Gasteiger partial charge on any atom is -0.0995 e. The van der Waals surface area contributed by atoms with Gasteiger partial charge in [0.1, 0.15) is 0 Å². The lowest BCUT2D eigenvalue weighted by Gasteiger charge is -2.37. The number of benzene rings is 1. The number of hydrogen-bond acceptors (Lipinski definition) is 0. The van der Waals surface area contributed by atoms with Gasteiger partial charge in [0, 0.05) is 0 Å². The fourth-order valence-electron chi connectivity index (χ4n) is 1.88. The van der Waals surface area contributed by atoms with Crippen LogP contribution in [0.3, 0.4) is 0 Å². The Bertz CT molecular complexity index is 284. The van der Waals surface area contributed by atoms with E-state index in [1.165, 1.54) is 17.6 Å². The monoisotopic (exact) mass is 158 g/mol. The standard InChI is InChI=1S/C12H14/c1-9-8-12(10(9)2)11-6-4-3-5-7-11/h3-7,10,12H,1,8H2,2H3/t10-,12-/m1/s1. The molecule has 1 saturated carbocycles. The molecule has 1 aromatic carbocycles. The average molecular weight is 158 g/mol. The Kier molecular flexibility index (Phi) is 1.76. The van der Waals surface area contributed by atoms with Crippen LogP contribution in [-0.4, -0.2) is 0 Å². The molecule has 0 saturated heterocycles. The summed E-state index contributed by atoms with van der Waals surface area (Å²) >= 11 is 0. The summed E-state index contributed by atoms with van der Waals surface area (Å²) in [4.78, 5) is 0. The second-order valence-electron chi connectivity index (χ2n) is 3.67. The van der Waals surface area contributed by atoms with Gasteiger partial charge in [0.05, 0.1) is 0 Å². The zero-order valence-electron chi connectivity index (χ0n) is 7.46. The molecule has 0 aliphatic heterocycles. The van der Waals surface area contributed by atoms with Gasteiger partial charge in [-0.3, -0.25) is 0 Å². The molecule has 0 aromatic heterocycles. The van der Waals surface area contributed by atoms with Gasteiger partial charge in [-0.1, -0.05) is 49.4 Å². The zero-order chi connectivity index (χ0) is 8.55. The van der Waals surface area contributed by atoms with Crippen molar-refractivity contribution in [2.24, 2.45) is 5.92 Å². The highest BCUT2D eigenvalue weighted by molar-refractivity contribution is 5.30. The lowest BCUT2D eigenvalue weighted by Crippen LogP contribution is -2.23. The third-order valence-electron chi connectivity index (χ3n) is 2.96. The molecule has 0 radical (unpaired) electrons. The third-order valence-corrected chi connectivity index (χ3v) is 2.96. The highest BCUT2D eigenvalue weighted by Crippen LogP contribution is 2.45. The maximum absolute atomic E-state index is 4.02. The van der Waals surface area contributed by atoms with Gasteiger partial charge >= 0.3 is 0 Å². The first-order valence-electron chi connectivity index (χ1n) is 4.51. The van der Waals surface area contributed by atoms with Crippen LogP contribution in [0.2, 0.25) is 0 Å². The SMILES string of the molecule is C=C1C[C@@H](c2ccccc2)[C@@H]1C. The topological polar surface area (TPSA) is 0 Å². The molecule has 0 bridgehead atoms. The van der Waals surface area contributed by atoms with Gasteiger partial charge in [-0.2, -0.15) is 0 Å². The Hall–Kier alpha value is -1.04. The Morgan fingerprint density at radius 1 is 1.25 bits per heavy atom. The number of hydrogen-bond donors (Lipinski definition) is 0. The predicted octanol–water partition coefficient (Wildman–Crippen LogP) is 3.37. The lowest BCUT2D eigenvalue weighted by molar-refractivity contribution is 0.402. The summed E-state index contributed by atoms with van der Waals surface area (Å²) < 4.78 is 0. The number of allylic oxidation sites excluding steroid dienone is 1. The maximum atomic E-state index is 4.02. The summed E-state index contributed by atoms with van der Waals surface area (Å²) in [5.41, 5.74) is 2.88. The molecule has 1 fully saturated rings. The van der Waals surface area contributed by atoms with E-state index in [1.54, 1.807) is 0 Å². The molecule has 1 aliphatic rings. The van der Waals surface area contributed by atoms with E-state index in [0.717, 1.165) is 5.92 Å². The maximum Gasteiger partial charge on any atom is -0.00619 e. The fourth-order valence-corrected chi connectivity index (χ4v) is 1.88. The van der Waals surface area contributed by atoms with Crippen molar-refractivity contribution >= 4 is 0 Å². The highest BCUT2D eigenvalue weighted by atomic mass is 14.4. The molecule has 0 unspecified atom stereocenters. The molecule has 2 rings (SSSR count). The molecule has 62 valence electrons. The Morgan fingerprint density at radius 3 is 2.42 bits per heavy atom. The predicted molar refractivity (Wildman–Crippen MR) is 52.1 cm³/mol. The van der Waals surface area contributed by atoms with Crippen molar-refractivity contribution in [2.75, 3.05) is 0 Å².